The number of para-hydroxylation sites is 1. The second-order valence-corrected chi connectivity index (χ2v) is 6.87. The fourth-order valence-electron chi connectivity index (χ4n) is 4.33. The summed E-state index contributed by atoms with van der Waals surface area (Å²) in [4.78, 5) is 20.2. The van der Waals surface area contributed by atoms with Crippen molar-refractivity contribution in [3.8, 4) is 0 Å². The highest BCUT2D eigenvalue weighted by Crippen LogP contribution is 2.41. The minimum absolute atomic E-state index is 0.000835. The van der Waals surface area contributed by atoms with Gasteiger partial charge in [-0.1, -0.05) is 18.2 Å². The van der Waals surface area contributed by atoms with Crippen LogP contribution in [0.3, 0.4) is 0 Å². The van der Waals surface area contributed by atoms with Gasteiger partial charge in [0.05, 0.1) is 12.1 Å². The first-order valence-corrected chi connectivity index (χ1v) is 8.58. The van der Waals surface area contributed by atoms with Gasteiger partial charge in [-0.15, -0.1) is 0 Å². The number of hydrogen-bond donors (Lipinski definition) is 1. The van der Waals surface area contributed by atoms with E-state index < -0.39 is 0 Å². The lowest BCUT2D eigenvalue weighted by Gasteiger charge is -2.34. The Hall–Kier alpha value is -2.82. The molecular formula is C20H18FN3O. The van der Waals surface area contributed by atoms with Gasteiger partial charge in [0.1, 0.15) is 5.82 Å². The van der Waals surface area contributed by atoms with Crippen LogP contribution < -0.4 is 4.90 Å². The molecule has 0 saturated carbocycles. The molecular weight excluding hydrogens is 317 g/mol. The van der Waals surface area contributed by atoms with E-state index in [0.29, 0.717) is 6.54 Å². The number of nitrogens with zero attached hydrogens (tertiary/aromatic N) is 2. The molecule has 5 heteroatoms. The number of carbonyl (C=O) groups is 1. The van der Waals surface area contributed by atoms with Crippen molar-refractivity contribution in [2.24, 2.45) is 0 Å². The molecule has 0 aliphatic carbocycles. The second-order valence-electron chi connectivity index (χ2n) is 6.87. The summed E-state index contributed by atoms with van der Waals surface area (Å²) in [5.74, 6) is -0.289. The van der Waals surface area contributed by atoms with E-state index in [9.17, 15) is 9.18 Å². The number of halogens is 1. The highest BCUT2D eigenvalue weighted by molar-refractivity contribution is 5.96. The van der Waals surface area contributed by atoms with Crippen LogP contribution >= 0.6 is 0 Å². The van der Waals surface area contributed by atoms with E-state index in [1.54, 1.807) is 17.0 Å². The molecule has 3 aromatic rings. The largest absolute Gasteiger partial charge is 0.356 e. The van der Waals surface area contributed by atoms with Crippen molar-refractivity contribution in [1.29, 1.82) is 0 Å². The average molecular weight is 335 g/mol. The third-order valence-electron chi connectivity index (χ3n) is 5.50. The predicted octanol–water partition coefficient (Wildman–Crippen LogP) is 4.23. The van der Waals surface area contributed by atoms with Crippen molar-refractivity contribution in [3.63, 3.8) is 0 Å². The summed E-state index contributed by atoms with van der Waals surface area (Å²) in [6.45, 7) is 2.71. The Kier molecular flexibility index (Phi) is 2.95. The lowest BCUT2D eigenvalue weighted by molar-refractivity contribution is 0.173. The summed E-state index contributed by atoms with van der Waals surface area (Å²) in [5.41, 5.74) is 4.33. The molecule has 2 aliphatic heterocycles. The topological polar surface area (TPSA) is 39.3 Å². The molecule has 5 rings (SSSR count). The molecule has 2 atom stereocenters. The zero-order chi connectivity index (χ0) is 17.1. The van der Waals surface area contributed by atoms with E-state index in [2.05, 4.69) is 30.1 Å². The van der Waals surface area contributed by atoms with Gasteiger partial charge >= 0.3 is 6.03 Å². The molecule has 1 aromatic heterocycles. The fraction of sp³-hybridized carbons (Fsp3) is 0.250. The maximum absolute atomic E-state index is 13.2. The number of H-pyrrole nitrogens is 1. The number of hydrogen-bond acceptors (Lipinski definition) is 1. The minimum Gasteiger partial charge on any atom is -0.356 e. The number of aromatic amines is 1. The van der Waals surface area contributed by atoms with Crippen LogP contribution in [0.4, 0.5) is 14.9 Å². The van der Waals surface area contributed by atoms with Gasteiger partial charge in [0.2, 0.25) is 0 Å². The number of nitrogens with one attached hydrogen (secondary N) is 1. The van der Waals surface area contributed by atoms with Crippen LogP contribution in [0.15, 0.2) is 48.5 Å². The number of anilines is 1. The van der Waals surface area contributed by atoms with E-state index in [-0.39, 0.29) is 23.9 Å². The Morgan fingerprint density at radius 1 is 1.12 bits per heavy atom. The lowest BCUT2D eigenvalue weighted by Crippen LogP contribution is -2.41. The van der Waals surface area contributed by atoms with Crippen LogP contribution in [0.25, 0.3) is 10.9 Å². The summed E-state index contributed by atoms with van der Waals surface area (Å²) in [6.07, 6.45) is 0.840. The van der Waals surface area contributed by atoms with Gasteiger partial charge in [0.25, 0.3) is 0 Å². The molecule has 0 bridgehead atoms. The number of fused-ring (bicyclic) bond motifs is 4. The maximum Gasteiger partial charge on any atom is 0.325 e. The van der Waals surface area contributed by atoms with Crippen molar-refractivity contribution >= 4 is 22.6 Å². The molecule has 3 heterocycles. The Morgan fingerprint density at radius 2 is 1.88 bits per heavy atom. The summed E-state index contributed by atoms with van der Waals surface area (Å²) < 4.78 is 13.2. The van der Waals surface area contributed by atoms with Crippen LogP contribution in [-0.4, -0.2) is 28.5 Å². The van der Waals surface area contributed by atoms with Crippen LogP contribution in [0.2, 0.25) is 0 Å². The number of rotatable bonds is 1. The minimum atomic E-state index is -0.289. The van der Waals surface area contributed by atoms with Crippen molar-refractivity contribution in [2.75, 3.05) is 11.4 Å². The molecule has 25 heavy (non-hydrogen) atoms. The SMILES string of the molecule is CC1c2[nH]c3ccccc3c2CC2CN(c3ccc(F)cc3)C(=O)N21. The van der Waals surface area contributed by atoms with E-state index in [1.807, 2.05) is 11.0 Å². The highest BCUT2D eigenvalue weighted by Gasteiger charge is 2.45. The summed E-state index contributed by atoms with van der Waals surface area (Å²) in [6, 6.07) is 14.6. The summed E-state index contributed by atoms with van der Waals surface area (Å²) in [7, 11) is 0. The molecule has 2 aliphatic rings. The van der Waals surface area contributed by atoms with Gasteiger partial charge in [-0.3, -0.25) is 4.90 Å². The molecule has 2 amide bonds. The smallest absolute Gasteiger partial charge is 0.325 e. The summed E-state index contributed by atoms with van der Waals surface area (Å²) >= 11 is 0. The second kappa shape index (κ2) is 5.09. The first kappa shape index (κ1) is 14.5. The molecule has 2 unspecified atom stereocenters. The monoisotopic (exact) mass is 335 g/mol. The van der Waals surface area contributed by atoms with E-state index in [4.69, 9.17) is 0 Å². The van der Waals surface area contributed by atoms with Crippen LogP contribution in [-0.2, 0) is 6.42 Å². The maximum atomic E-state index is 13.2. The van der Waals surface area contributed by atoms with E-state index in [0.717, 1.165) is 23.3 Å². The Bertz CT molecular complexity index is 978. The standard InChI is InChI=1S/C20H18FN3O/c1-12-19-17(16-4-2-3-5-18(16)22-19)10-15-11-23(20(25)24(12)15)14-8-6-13(21)7-9-14/h2-9,12,15,22H,10-11H2,1H3. The molecule has 0 radical (unpaired) electrons. The van der Waals surface area contributed by atoms with Gasteiger partial charge in [-0.2, -0.15) is 0 Å². The molecule has 1 fully saturated rings. The number of aromatic nitrogens is 1. The highest BCUT2D eigenvalue weighted by atomic mass is 19.1. The van der Waals surface area contributed by atoms with Gasteiger partial charge < -0.3 is 9.88 Å². The Labute approximate surface area is 144 Å². The van der Waals surface area contributed by atoms with Gasteiger partial charge in [0.15, 0.2) is 0 Å². The third kappa shape index (κ3) is 2.02. The molecule has 4 nitrogen and oxygen atoms in total. The Morgan fingerprint density at radius 3 is 2.68 bits per heavy atom. The zero-order valence-corrected chi connectivity index (χ0v) is 13.9. The number of amides is 2. The van der Waals surface area contributed by atoms with E-state index in [1.165, 1.54) is 23.1 Å². The van der Waals surface area contributed by atoms with Crippen LogP contribution in [0.1, 0.15) is 24.2 Å². The Balaban J connectivity index is 1.54. The van der Waals surface area contributed by atoms with Crippen molar-refractivity contribution in [3.05, 3.63) is 65.6 Å². The average Bonchev–Trinajstić information content (AvgIpc) is 3.15. The first-order chi connectivity index (χ1) is 12.1. The third-order valence-corrected chi connectivity index (χ3v) is 5.50. The fourth-order valence-corrected chi connectivity index (χ4v) is 4.33. The number of urea groups is 1. The van der Waals surface area contributed by atoms with Gasteiger partial charge in [-0.25, -0.2) is 9.18 Å². The van der Waals surface area contributed by atoms with Crippen molar-refractivity contribution in [1.82, 2.24) is 9.88 Å². The molecule has 126 valence electrons. The molecule has 1 saturated heterocycles. The molecule has 0 spiro atoms. The van der Waals surface area contributed by atoms with E-state index >= 15 is 0 Å². The van der Waals surface area contributed by atoms with Crippen molar-refractivity contribution in [2.45, 2.75) is 25.4 Å². The number of benzene rings is 2. The number of carbonyl (C=O) groups excluding carboxylic acids is 1. The van der Waals surface area contributed by atoms with Crippen molar-refractivity contribution < 1.29 is 9.18 Å². The molecule has 1 N–H and O–H groups in total. The van der Waals surface area contributed by atoms with Crippen LogP contribution in [0, 0.1) is 5.82 Å². The first-order valence-electron chi connectivity index (χ1n) is 8.58. The normalized spacial score (nSPS) is 22.4. The summed E-state index contributed by atoms with van der Waals surface area (Å²) in [5, 5.41) is 1.25. The predicted molar refractivity (Wildman–Crippen MR) is 95.2 cm³/mol. The zero-order valence-electron chi connectivity index (χ0n) is 13.9. The lowest BCUT2D eigenvalue weighted by atomic mass is 9.93. The quantitative estimate of drug-likeness (QED) is 0.710. The molecule has 2 aromatic carbocycles. The van der Waals surface area contributed by atoms with Crippen LogP contribution in [0.5, 0.6) is 0 Å². The van der Waals surface area contributed by atoms with Gasteiger partial charge in [-0.05, 0) is 49.2 Å². The van der Waals surface area contributed by atoms with Gasteiger partial charge in [0, 0.05) is 28.8 Å².